The number of ether oxygens (including phenoxy) is 1. The lowest BCUT2D eigenvalue weighted by molar-refractivity contribution is -0.191. The van der Waals surface area contributed by atoms with Gasteiger partial charge in [-0.2, -0.15) is 13.2 Å². The number of aliphatic imine (C=N–C) groups is 1. The average molecular weight is 555 g/mol. The highest BCUT2D eigenvalue weighted by atomic mass is 19.4. The zero-order chi connectivity index (χ0) is 28.4. The number of carboxylic acid groups (broad SMARTS) is 1. The van der Waals surface area contributed by atoms with Gasteiger partial charge in [-0.05, 0) is 63.2 Å². The molecule has 0 aromatic heterocycles. The van der Waals surface area contributed by atoms with Crippen LogP contribution < -0.4 is 10.6 Å². The van der Waals surface area contributed by atoms with Crippen molar-refractivity contribution in [2.75, 3.05) is 26.2 Å². The van der Waals surface area contributed by atoms with E-state index in [4.69, 9.17) is 0 Å². The molecule has 0 radical (unpaired) electrons. The highest BCUT2D eigenvalue weighted by Crippen LogP contribution is 2.22. The molecule has 0 spiro atoms. The van der Waals surface area contributed by atoms with Gasteiger partial charge in [0.1, 0.15) is 6.04 Å². The monoisotopic (exact) mass is 554 g/mol. The van der Waals surface area contributed by atoms with Crippen LogP contribution in [0.5, 0.6) is 0 Å². The van der Waals surface area contributed by atoms with E-state index >= 15 is 0 Å². The summed E-state index contributed by atoms with van der Waals surface area (Å²) in [6.45, 7) is 2.36. The quantitative estimate of drug-likeness (QED) is 0.242. The van der Waals surface area contributed by atoms with Gasteiger partial charge in [0.2, 0.25) is 11.8 Å². The summed E-state index contributed by atoms with van der Waals surface area (Å²) >= 11 is 0. The SMILES string of the molecule is O=C(O)C[C@H](NC(=O)c1ccccc1)C(=NC1CCCN(C(=O)CCC2CCNCC2)C1)OC(=O)C(F)(F)F. The number of benzene rings is 1. The summed E-state index contributed by atoms with van der Waals surface area (Å²) < 4.78 is 43.7. The molecule has 2 aliphatic heterocycles. The van der Waals surface area contributed by atoms with E-state index in [1.165, 1.54) is 12.1 Å². The predicted octanol–water partition coefficient (Wildman–Crippen LogP) is 2.53. The van der Waals surface area contributed by atoms with E-state index in [9.17, 15) is 37.5 Å². The average Bonchev–Trinajstić information content (AvgIpc) is 2.91. The molecule has 0 aliphatic carbocycles. The first kappa shape index (κ1) is 30.1. The van der Waals surface area contributed by atoms with Gasteiger partial charge < -0.3 is 25.4 Å². The third-order valence-corrected chi connectivity index (χ3v) is 6.73. The van der Waals surface area contributed by atoms with Crippen LogP contribution in [0, 0.1) is 5.92 Å². The van der Waals surface area contributed by atoms with E-state index in [0.717, 1.165) is 32.4 Å². The number of nitrogens with zero attached hydrogens (tertiary/aromatic N) is 2. The number of carbonyl (C=O) groups excluding carboxylic acids is 3. The maximum Gasteiger partial charge on any atom is 0.491 e. The summed E-state index contributed by atoms with van der Waals surface area (Å²) in [6.07, 6.45) is -2.31. The Labute approximate surface area is 224 Å². The number of aliphatic carboxylic acids is 1. The van der Waals surface area contributed by atoms with E-state index in [1.54, 1.807) is 23.1 Å². The second-order valence-electron chi connectivity index (χ2n) is 9.71. The number of hydrogen-bond donors (Lipinski definition) is 3. The van der Waals surface area contributed by atoms with Gasteiger partial charge in [0, 0.05) is 25.1 Å². The molecule has 13 heteroatoms. The van der Waals surface area contributed by atoms with Crippen LogP contribution in [0.2, 0.25) is 0 Å². The highest BCUT2D eigenvalue weighted by Gasteiger charge is 2.43. The van der Waals surface area contributed by atoms with E-state index in [-0.39, 0.29) is 18.0 Å². The minimum atomic E-state index is -5.37. The van der Waals surface area contributed by atoms with E-state index in [0.29, 0.717) is 31.7 Å². The largest absolute Gasteiger partial charge is 0.491 e. The molecule has 10 nitrogen and oxygen atoms in total. The van der Waals surface area contributed by atoms with Crippen LogP contribution in [0.25, 0.3) is 0 Å². The van der Waals surface area contributed by atoms with Gasteiger partial charge in [-0.1, -0.05) is 18.2 Å². The molecule has 2 aliphatic rings. The van der Waals surface area contributed by atoms with Crippen molar-refractivity contribution in [2.45, 2.75) is 63.2 Å². The summed E-state index contributed by atoms with van der Waals surface area (Å²) in [5.41, 5.74) is 0.123. The van der Waals surface area contributed by atoms with Crippen LogP contribution in [-0.4, -0.2) is 84.1 Å². The van der Waals surface area contributed by atoms with E-state index in [1.807, 2.05) is 0 Å². The number of alkyl halides is 3. The number of likely N-dealkylation sites (tertiary alicyclic amines) is 1. The normalized spacial score (nSPS) is 19.7. The first-order valence-electron chi connectivity index (χ1n) is 13.0. The summed E-state index contributed by atoms with van der Waals surface area (Å²) in [7, 11) is 0. The topological polar surface area (TPSA) is 137 Å². The third-order valence-electron chi connectivity index (χ3n) is 6.73. The summed E-state index contributed by atoms with van der Waals surface area (Å²) in [6, 6.07) is 5.21. The molecule has 214 valence electrons. The molecule has 2 fully saturated rings. The molecule has 1 unspecified atom stereocenters. The Hall–Kier alpha value is -3.48. The Bertz CT molecular complexity index is 1040. The number of esters is 1. The molecule has 2 atom stereocenters. The first-order chi connectivity index (χ1) is 18.5. The molecule has 3 N–H and O–H groups in total. The van der Waals surface area contributed by atoms with Gasteiger partial charge in [0.25, 0.3) is 5.91 Å². The highest BCUT2D eigenvalue weighted by molar-refractivity contribution is 6.01. The molecule has 1 aromatic rings. The molecular formula is C26H33F3N4O6. The summed E-state index contributed by atoms with van der Waals surface area (Å²) in [5.74, 6) is -5.33. The lowest BCUT2D eigenvalue weighted by atomic mass is 9.93. The van der Waals surface area contributed by atoms with Crippen molar-refractivity contribution in [2.24, 2.45) is 10.9 Å². The molecule has 2 saturated heterocycles. The van der Waals surface area contributed by atoms with Crippen LogP contribution in [0.3, 0.4) is 0 Å². The van der Waals surface area contributed by atoms with Gasteiger partial charge >= 0.3 is 18.1 Å². The van der Waals surface area contributed by atoms with Gasteiger partial charge in [-0.25, -0.2) is 9.79 Å². The van der Waals surface area contributed by atoms with E-state index in [2.05, 4.69) is 20.4 Å². The van der Waals surface area contributed by atoms with Crippen LogP contribution >= 0.6 is 0 Å². The maximum absolute atomic E-state index is 13.1. The Morgan fingerprint density at radius 1 is 1.13 bits per heavy atom. The zero-order valence-corrected chi connectivity index (χ0v) is 21.4. The predicted molar refractivity (Wildman–Crippen MR) is 134 cm³/mol. The fourth-order valence-corrected chi connectivity index (χ4v) is 4.67. The van der Waals surface area contributed by atoms with Gasteiger partial charge in [-0.15, -0.1) is 0 Å². The van der Waals surface area contributed by atoms with Gasteiger partial charge in [0.15, 0.2) is 0 Å². The molecule has 0 bridgehead atoms. The number of hydrogen-bond acceptors (Lipinski definition) is 7. The Morgan fingerprint density at radius 3 is 2.46 bits per heavy atom. The molecular weight excluding hydrogens is 521 g/mol. The van der Waals surface area contributed by atoms with Crippen molar-refractivity contribution >= 4 is 29.7 Å². The van der Waals surface area contributed by atoms with Crippen molar-refractivity contribution < 1.29 is 42.2 Å². The number of amides is 2. The molecule has 39 heavy (non-hydrogen) atoms. The van der Waals surface area contributed by atoms with Crippen LogP contribution in [0.1, 0.15) is 55.3 Å². The second-order valence-corrected chi connectivity index (χ2v) is 9.71. The van der Waals surface area contributed by atoms with Crippen LogP contribution in [0.15, 0.2) is 35.3 Å². The van der Waals surface area contributed by atoms with Crippen molar-refractivity contribution in [3.8, 4) is 0 Å². The van der Waals surface area contributed by atoms with Crippen molar-refractivity contribution in [1.82, 2.24) is 15.5 Å². The second kappa shape index (κ2) is 14.1. The lowest BCUT2D eigenvalue weighted by Crippen LogP contribution is -2.47. The number of piperidine rings is 2. The van der Waals surface area contributed by atoms with Crippen LogP contribution in [0.4, 0.5) is 13.2 Å². The molecule has 2 heterocycles. The smallest absolute Gasteiger partial charge is 0.481 e. The van der Waals surface area contributed by atoms with Gasteiger partial charge in [0.05, 0.1) is 12.5 Å². The van der Waals surface area contributed by atoms with Crippen molar-refractivity contribution in [1.29, 1.82) is 0 Å². The number of nitrogens with one attached hydrogen (secondary N) is 2. The summed E-state index contributed by atoms with van der Waals surface area (Å²) in [4.78, 5) is 54.5. The fraction of sp³-hybridized carbons (Fsp3) is 0.577. The third kappa shape index (κ3) is 9.65. The minimum Gasteiger partial charge on any atom is -0.481 e. The lowest BCUT2D eigenvalue weighted by Gasteiger charge is -2.32. The number of carboxylic acids is 1. The van der Waals surface area contributed by atoms with Crippen LogP contribution in [-0.2, 0) is 19.1 Å². The van der Waals surface area contributed by atoms with Crippen molar-refractivity contribution in [3.63, 3.8) is 0 Å². The number of rotatable bonds is 9. The van der Waals surface area contributed by atoms with Gasteiger partial charge in [-0.3, -0.25) is 14.4 Å². The maximum atomic E-state index is 13.1. The number of carbonyl (C=O) groups is 4. The van der Waals surface area contributed by atoms with E-state index < -0.39 is 48.4 Å². The molecule has 1 aromatic carbocycles. The zero-order valence-electron chi connectivity index (χ0n) is 21.4. The van der Waals surface area contributed by atoms with Crippen molar-refractivity contribution in [3.05, 3.63) is 35.9 Å². The Kier molecular flexibility index (Phi) is 10.8. The molecule has 0 saturated carbocycles. The Balaban J connectivity index is 1.78. The standard InChI is InChI=1S/C26H33F3N4O6/c27-26(28,29)25(38)39-24(20(15-22(35)36)32-23(37)18-5-2-1-3-6-18)31-19-7-4-14-33(16-19)21(34)9-8-17-10-12-30-13-11-17/h1-3,5-6,17,19-20,30H,4,7-16H2,(H,32,37)(H,35,36)/t19?,20-/m0/s1. The first-order valence-corrected chi connectivity index (χ1v) is 13.0. The number of halogens is 3. The Morgan fingerprint density at radius 2 is 1.82 bits per heavy atom. The minimum absolute atomic E-state index is 0.0740. The fourth-order valence-electron chi connectivity index (χ4n) is 4.67. The summed E-state index contributed by atoms with van der Waals surface area (Å²) in [5, 5.41) is 15.0. The molecule has 3 rings (SSSR count). The molecule has 2 amide bonds.